The van der Waals surface area contributed by atoms with Gasteiger partial charge in [-0.05, 0) is 19.3 Å². The lowest BCUT2D eigenvalue weighted by Crippen LogP contribution is -2.30. The van der Waals surface area contributed by atoms with E-state index >= 15 is 0 Å². The van der Waals surface area contributed by atoms with E-state index in [0.717, 1.165) is 6.42 Å². The van der Waals surface area contributed by atoms with Crippen LogP contribution in [0.2, 0.25) is 0 Å². The highest BCUT2D eigenvalue weighted by molar-refractivity contribution is 5.73. The molecule has 0 aromatic heterocycles. The van der Waals surface area contributed by atoms with Gasteiger partial charge in [0.05, 0.1) is 12.3 Å². The van der Waals surface area contributed by atoms with E-state index in [-0.39, 0.29) is 23.9 Å². The zero-order valence-corrected chi connectivity index (χ0v) is 7.23. The van der Waals surface area contributed by atoms with Crippen molar-refractivity contribution in [1.82, 2.24) is 0 Å². The van der Waals surface area contributed by atoms with Gasteiger partial charge in [-0.1, -0.05) is 0 Å². The molecule has 3 unspecified atom stereocenters. The summed E-state index contributed by atoms with van der Waals surface area (Å²) < 4.78 is 5.04. The first-order chi connectivity index (χ1) is 6.16. The number of carboxylic acids is 1. The number of esters is 1. The average Bonchev–Trinajstić information content (AvgIpc) is 2.42. The van der Waals surface area contributed by atoms with Crippen LogP contribution in [0.3, 0.4) is 0 Å². The maximum atomic E-state index is 10.9. The molecule has 1 N–H and O–H groups in total. The van der Waals surface area contributed by atoms with Crippen molar-refractivity contribution in [1.29, 1.82) is 0 Å². The number of carboxylic acid groups (broad SMARTS) is 1. The van der Waals surface area contributed by atoms with Crippen LogP contribution in [0.5, 0.6) is 0 Å². The molecule has 1 saturated heterocycles. The van der Waals surface area contributed by atoms with E-state index in [1.165, 1.54) is 0 Å². The molecule has 1 heterocycles. The Morgan fingerprint density at radius 3 is 2.92 bits per heavy atom. The molecule has 72 valence electrons. The van der Waals surface area contributed by atoms with Gasteiger partial charge in [-0.3, -0.25) is 9.59 Å². The summed E-state index contributed by atoms with van der Waals surface area (Å²) in [5.41, 5.74) is 0. The molecular weight excluding hydrogens is 172 g/mol. The third kappa shape index (κ3) is 1.53. The molecule has 0 aromatic rings. The van der Waals surface area contributed by atoms with Crippen LogP contribution in [-0.4, -0.2) is 23.1 Å². The van der Waals surface area contributed by atoms with Crippen molar-refractivity contribution >= 4 is 11.9 Å². The van der Waals surface area contributed by atoms with Crippen molar-refractivity contribution in [2.24, 2.45) is 11.8 Å². The molecule has 2 aliphatic rings. The third-order valence-corrected chi connectivity index (χ3v) is 2.99. The minimum Gasteiger partial charge on any atom is -0.481 e. The van der Waals surface area contributed by atoms with E-state index in [0.29, 0.717) is 19.3 Å². The first-order valence-electron chi connectivity index (χ1n) is 4.59. The van der Waals surface area contributed by atoms with Gasteiger partial charge in [-0.15, -0.1) is 0 Å². The SMILES string of the molecule is O=C1CC2CCC(C(=O)O)CC2O1. The highest BCUT2D eigenvalue weighted by atomic mass is 16.5. The number of carbonyl (C=O) groups is 2. The Kier molecular flexibility index (Phi) is 1.98. The Hall–Kier alpha value is -1.06. The summed E-state index contributed by atoms with van der Waals surface area (Å²) in [4.78, 5) is 21.6. The Labute approximate surface area is 75.9 Å². The zero-order valence-electron chi connectivity index (χ0n) is 7.23. The standard InChI is InChI=1S/C9H12O4/c10-8-4-5-1-2-6(9(11)12)3-7(5)13-8/h5-7H,1-4H2,(H,11,12). The molecule has 2 fully saturated rings. The van der Waals surface area contributed by atoms with Crippen LogP contribution in [0.25, 0.3) is 0 Å². The van der Waals surface area contributed by atoms with E-state index in [2.05, 4.69) is 0 Å². The maximum Gasteiger partial charge on any atom is 0.306 e. The average molecular weight is 184 g/mol. The summed E-state index contributed by atoms with van der Waals surface area (Å²) in [5.74, 6) is -0.960. The summed E-state index contributed by atoms with van der Waals surface area (Å²) in [5, 5.41) is 8.78. The van der Waals surface area contributed by atoms with Crippen molar-refractivity contribution in [3.8, 4) is 0 Å². The Bertz CT molecular complexity index is 248. The van der Waals surface area contributed by atoms with Crippen molar-refractivity contribution < 1.29 is 19.4 Å². The Morgan fingerprint density at radius 1 is 1.46 bits per heavy atom. The molecule has 0 radical (unpaired) electrons. The van der Waals surface area contributed by atoms with Crippen LogP contribution in [0, 0.1) is 11.8 Å². The van der Waals surface area contributed by atoms with Gasteiger partial charge in [0.2, 0.25) is 0 Å². The van der Waals surface area contributed by atoms with Gasteiger partial charge >= 0.3 is 11.9 Å². The molecule has 3 atom stereocenters. The number of rotatable bonds is 1. The van der Waals surface area contributed by atoms with Crippen molar-refractivity contribution in [3.63, 3.8) is 0 Å². The largest absolute Gasteiger partial charge is 0.481 e. The molecule has 1 aliphatic carbocycles. The lowest BCUT2D eigenvalue weighted by Gasteiger charge is -2.27. The van der Waals surface area contributed by atoms with Gasteiger partial charge in [0.1, 0.15) is 6.10 Å². The number of ether oxygens (including phenoxy) is 1. The van der Waals surface area contributed by atoms with Crippen molar-refractivity contribution in [2.45, 2.75) is 31.8 Å². The highest BCUT2D eigenvalue weighted by Crippen LogP contribution is 2.37. The first kappa shape index (κ1) is 8.53. The third-order valence-electron chi connectivity index (χ3n) is 2.99. The van der Waals surface area contributed by atoms with Gasteiger partial charge in [0.15, 0.2) is 0 Å². The fraction of sp³-hybridized carbons (Fsp3) is 0.778. The highest BCUT2D eigenvalue weighted by Gasteiger charge is 2.41. The lowest BCUT2D eigenvalue weighted by atomic mass is 9.80. The van der Waals surface area contributed by atoms with Crippen LogP contribution in [0.1, 0.15) is 25.7 Å². The van der Waals surface area contributed by atoms with Gasteiger partial charge in [-0.25, -0.2) is 0 Å². The summed E-state index contributed by atoms with van der Waals surface area (Å²) in [7, 11) is 0. The van der Waals surface area contributed by atoms with E-state index < -0.39 is 5.97 Å². The monoisotopic (exact) mass is 184 g/mol. The number of fused-ring (bicyclic) bond motifs is 1. The number of hydrogen-bond donors (Lipinski definition) is 1. The smallest absolute Gasteiger partial charge is 0.306 e. The number of carbonyl (C=O) groups excluding carboxylic acids is 1. The Morgan fingerprint density at radius 2 is 2.23 bits per heavy atom. The van der Waals surface area contributed by atoms with E-state index in [1.54, 1.807) is 0 Å². The molecule has 1 aliphatic heterocycles. The molecule has 4 nitrogen and oxygen atoms in total. The first-order valence-corrected chi connectivity index (χ1v) is 4.59. The minimum absolute atomic E-state index is 0.123. The fourth-order valence-electron chi connectivity index (χ4n) is 2.23. The van der Waals surface area contributed by atoms with E-state index in [9.17, 15) is 9.59 Å². The number of hydrogen-bond acceptors (Lipinski definition) is 3. The van der Waals surface area contributed by atoms with Gasteiger partial charge in [0, 0.05) is 5.92 Å². The molecule has 0 bridgehead atoms. The second kappa shape index (κ2) is 3.01. The minimum atomic E-state index is -0.763. The molecule has 13 heavy (non-hydrogen) atoms. The summed E-state index contributed by atoms with van der Waals surface area (Å²) >= 11 is 0. The van der Waals surface area contributed by atoms with Crippen molar-refractivity contribution in [2.75, 3.05) is 0 Å². The molecule has 4 heteroatoms. The van der Waals surface area contributed by atoms with Gasteiger partial charge in [0.25, 0.3) is 0 Å². The second-order valence-electron chi connectivity index (χ2n) is 3.84. The predicted molar refractivity (Wildman–Crippen MR) is 43.0 cm³/mol. The zero-order chi connectivity index (χ0) is 9.42. The normalized spacial score (nSPS) is 38.2. The van der Waals surface area contributed by atoms with E-state index in [1.807, 2.05) is 0 Å². The van der Waals surface area contributed by atoms with E-state index in [4.69, 9.17) is 9.84 Å². The molecule has 0 aromatic carbocycles. The Balaban J connectivity index is 2.01. The summed E-state index contributed by atoms with van der Waals surface area (Å²) in [6.45, 7) is 0. The maximum absolute atomic E-state index is 10.9. The quantitative estimate of drug-likeness (QED) is 0.612. The fourth-order valence-corrected chi connectivity index (χ4v) is 2.23. The van der Waals surface area contributed by atoms with Crippen LogP contribution in [0.15, 0.2) is 0 Å². The molecule has 0 spiro atoms. The van der Waals surface area contributed by atoms with Crippen LogP contribution in [0.4, 0.5) is 0 Å². The molecule has 2 rings (SSSR count). The van der Waals surface area contributed by atoms with Crippen molar-refractivity contribution in [3.05, 3.63) is 0 Å². The second-order valence-corrected chi connectivity index (χ2v) is 3.84. The molecule has 0 amide bonds. The predicted octanol–water partition coefficient (Wildman–Crippen LogP) is 0.803. The summed E-state index contributed by atoms with van der Waals surface area (Å²) in [6, 6.07) is 0. The van der Waals surface area contributed by atoms with Gasteiger partial charge in [-0.2, -0.15) is 0 Å². The lowest BCUT2D eigenvalue weighted by molar-refractivity contribution is -0.149. The topological polar surface area (TPSA) is 63.6 Å². The van der Waals surface area contributed by atoms with Crippen LogP contribution >= 0.6 is 0 Å². The molecule has 1 saturated carbocycles. The van der Waals surface area contributed by atoms with Gasteiger partial charge < -0.3 is 9.84 Å². The summed E-state index contributed by atoms with van der Waals surface area (Å²) in [6.07, 6.45) is 2.37. The van der Waals surface area contributed by atoms with Crippen LogP contribution < -0.4 is 0 Å². The van der Waals surface area contributed by atoms with Crippen LogP contribution in [-0.2, 0) is 14.3 Å². The number of aliphatic carboxylic acids is 1. The molecular formula is C9H12O4.